The molecule has 1 aromatic heterocycles. The Balaban J connectivity index is 2.82. The molecule has 0 aromatic carbocycles. The van der Waals surface area contributed by atoms with Crippen LogP contribution in [0.15, 0.2) is 18.3 Å². The van der Waals surface area contributed by atoms with Crippen LogP contribution in [0.3, 0.4) is 0 Å². The molecule has 1 rings (SSSR count). The molecule has 1 heterocycles. The molecule has 0 aliphatic carbocycles. The minimum atomic E-state index is -0.447. The fourth-order valence-corrected chi connectivity index (χ4v) is 1.57. The number of nitrogens with zero attached hydrogens (tertiary/aromatic N) is 2. The van der Waals surface area contributed by atoms with Gasteiger partial charge in [0.2, 0.25) is 0 Å². The molecule has 0 aliphatic heterocycles. The molecular weight excluding hydrogens is 233 g/mol. The third-order valence-electron chi connectivity index (χ3n) is 2.79. The molecule has 5 heteroatoms. The lowest BCUT2D eigenvalue weighted by Crippen LogP contribution is -2.42. The average molecular weight is 253 g/mol. The van der Waals surface area contributed by atoms with Gasteiger partial charge in [0.05, 0.1) is 6.20 Å². The predicted octanol–water partition coefficient (Wildman–Crippen LogP) is 1.67. The number of hydrogen-bond acceptors (Lipinski definition) is 3. The van der Waals surface area contributed by atoms with Crippen LogP contribution in [-0.4, -0.2) is 35.4 Å². The molecule has 4 nitrogen and oxygen atoms in total. The zero-order valence-corrected chi connectivity index (χ0v) is 11.1. The zero-order chi connectivity index (χ0) is 13.8. The highest BCUT2D eigenvalue weighted by molar-refractivity contribution is 5.92. The van der Waals surface area contributed by atoms with Gasteiger partial charge in [0.1, 0.15) is 11.5 Å². The third kappa shape index (κ3) is 3.77. The summed E-state index contributed by atoms with van der Waals surface area (Å²) in [6, 6.07) is 2.64. The van der Waals surface area contributed by atoms with Crippen molar-refractivity contribution in [2.45, 2.75) is 20.8 Å². The van der Waals surface area contributed by atoms with Crippen LogP contribution in [0.1, 0.15) is 31.3 Å². The molecule has 0 saturated carbocycles. The first kappa shape index (κ1) is 14.6. The van der Waals surface area contributed by atoms with Crippen molar-refractivity contribution in [1.82, 2.24) is 9.88 Å². The molecule has 0 spiro atoms. The summed E-state index contributed by atoms with van der Waals surface area (Å²) in [5, 5.41) is 0. The summed E-state index contributed by atoms with van der Waals surface area (Å²) in [5.74, 6) is -0.643. The Morgan fingerprint density at radius 3 is 2.61 bits per heavy atom. The Hall–Kier alpha value is -1.49. The molecule has 18 heavy (non-hydrogen) atoms. The first-order chi connectivity index (χ1) is 8.39. The van der Waals surface area contributed by atoms with Crippen molar-refractivity contribution < 1.29 is 9.18 Å². The first-order valence-corrected chi connectivity index (χ1v) is 6.00. The van der Waals surface area contributed by atoms with E-state index < -0.39 is 5.82 Å². The summed E-state index contributed by atoms with van der Waals surface area (Å²) >= 11 is 0. The molecule has 0 unspecified atom stereocenters. The Kier molecular flexibility index (Phi) is 4.78. The highest BCUT2D eigenvalue weighted by Crippen LogP contribution is 2.16. The van der Waals surface area contributed by atoms with E-state index in [4.69, 9.17) is 5.73 Å². The maximum atomic E-state index is 12.8. The van der Waals surface area contributed by atoms with Gasteiger partial charge in [-0.2, -0.15) is 0 Å². The van der Waals surface area contributed by atoms with E-state index in [1.54, 1.807) is 4.90 Å². The zero-order valence-electron chi connectivity index (χ0n) is 11.1. The number of carbonyl (C=O) groups excluding carboxylic acids is 1. The topological polar surface area (TPSA) is 59.2 Å². The van der Waals surface area contributed by atoms with Gasteiger partial charge in [0.15, 0.2) is 0 Å². The van der Waals surface area contributed by atoms with Gasteiger partial charge in [-0.25, -0.2) is 9.37 Å². The number of pyridine rings is 1. The van der Waals surface area contributed by atoms with Crippen LogP contribution in [0, 0.1) is 11.2 Å². The van der Waals surface area contributed by atoms with Gasteiger partial charge in [-0.15, -0.1) is 0 Å². The lowest BCUT2D eigenvalue weighted by Gasteiger charge is -2.30. The minimum Gasteiger partial charge on any atom is -0.337 e. The fraction of sp³-hybridized carbons (Fsp3) is 0.538. The van der Waals surface area contributed by atoms with Crippen molar-refractivity contribution in [1.29, 1.82) is 0 Å². The predicted molar refractivity (Wildman–Crippen MR) is 68.6 cm³/mol. The Morgan fingerprint density at radius 2 is 2.17 bits per heavy atom. The molecule has 0 radical (unpaired) electrons. The summed E-state index contributed by atoms with van der Waals surface area (Å²) in [6.07, 6.45) is 1.05. The van der Waals surface area contributed by atoms with E-state index in [-0.39, 0.29) is 17.0 Å². The third-order valence-corrected chi connectivity index (χ3v) is 2.79. The second-order valence-electron chi connectivity index (χ2n) is 5.05. The van der Waals surface area contributed by atoms with Crippen LogP contribution in [0.2, 0.25) is 0 Å². The quantitative estimate of drug-likeness (QED) is 0.868. The minimum absolute atomic E-state index is 0.147. The average Bonchev–Trinajstić information content (AvgIpc) is 2.36. The number of carbonyl (C=O) groups is 1. The Labute approximate surface area is 107 Å². The molecule has 0 aliphatic rings. The van der Waals surface area contributed by atoms with E-state index in [0.29, 0.717) is 19.6 Å². The molecule has 100 valence electrons. The van der Waals surface area contributed by atoms with Crippen molar-refractivity contribution in [3.63, 3.8) is 0 Å². The van der Waals surface area contributed by atoms with Crippen molar-refractivity contribution in [2.75, 3.05) is 19.6 Å². The normalized spacial score (nSPS) is 11.4. The van der Waals surface area contributed by atoms with Gasteiger partial charge in [0, 0.05) is 13.1 Å². The van der Waals surface area contributed by atoms with E-state index in [1.807, 2.05) is 20.8 Å². The van der Waals surface area contributed by atoms with Crippen LogP contribution in [0.25, 0.3) is 0 Å². The monoisotopic (exact) mass is 253 g/mol. The number of hydrogen-bond donors (Lipinski definition) is 1. The van der Waals surface area contributed by atoms with Gasteiger partial charge < -0.3 is 10.6 Å². The molecule has 2 N–H and O–H groups in total. The summed E-state index contributed by atoms with van der Waals surface area (Å²) in [5.41, 5.74) is 5.77. The molecule has 0 saturated heterocycles. The molecule has 0 bridgehead atoms. The number of aromatic nitrogens is 1. The standard InChI is InChI=1S/C13H20FN3O/c1-4-17(9-13(2,3)8-15)12(18)11-6-5-10(14)7-16-11/h5-7H,4,8-9,15H2,1-3H3. The highest BCUT2D eigenvalue weighted by Gasteiger charge is 2.24. The van der Waals surface area contributed by atoms with Gasteiger partial charge in [-0.3, -0.25) is 4.79 Å². The summed E-state index contributed by atoms with van der Waals surface area (Å²) in [7, 11) is 0. The molecule has 1 amide bonds. The maximum absolute atomic E-state index is 12.8. The maximum Gasteiger partial charge on any atom is 0.272 e. The van der Waals surface area contributed by atoms with Crippen LogP contribution in [0.5, 0.6) is 0 Å². The van der Waals surface area contributed by atoms with E-state index in [2.05, 4.69) is 4.98 Å². The number of halogens is 1. The van der Waals surface area contributed by atoms with Gasteiger partial charge >= 0.3 is 0 Å². The van der Waals surface area contributed by atoms with Gasteiger partial charge in [-0.1, -0.05) is 13.8 Å². The van der Waals surface area contributed by atoms with Crippen molar-refractivity contribution in [3.05, 3.63) is 29.8 Å². The highest BCUT2D eigenvalue weighted by atomic mass is 19.1. The van der Waals surface area contributed by atoms with Crippen LogP contribution < -0.4 is 5.73 Å². The van der Waals surface area contributed by atoms with Gasteiger partial charge in [-0.05, 0) is 31.0 Å². The fourth-order valence-electron chi connectivity index (χ4n) is 1.57. The number of amides is 1. The second-order valence-corrected chi connectivity index (χ2v) is 5.05. The van der Waals surface area contributed by atoms with Crippen LogP contribution in [-0.2, 0) is 0 Å². The lowest BCUT2D eigenvalue weighted by atomic mass is 9.93. The molecule has 1 aromatic rings. The smallest absolute Gasteiger partial charge is 0.272 e. The largest absolute Gasteiger partial charge is 0.337 e. The summed E-state index contributed by atoms with van der Waals surface area (Å²) in [6.45, 7) is 7.52. The second kappa shape index (κ2) is 5.91. The molecular formula is C13H20FN3O. The SMILES string of the molecule is CCN(CC(C)(C)CN)C(=O)c1ccc(F)cn1. The van der Waals surface area contributed by atoms with E-state index >= 15 is 0 Å². The summed E-state index contributed by atoms with van der Waals surface area (Å²) in [4.78, 5) is 17.7. The first-order valence-electron chi connectivity index (χ1n) is 6.00. The van der Waals surface area contributed by atoms with Crippen LogP contribution in [0.4, 0.5) is 4.39 Å². The Morgan fingerprint density at radius 1 is 1.50 bits per heavy atom. The van der Waals surface area contributed by atoms with E-state index in [0.717, 1.165) is 6.20 Å². The van der Waals surface area contributed by atoms with Crippen LogP contribution >= 0.6 is 0 Å². The number of nitrogens with two attached hydrogens (primary N) is 1. The van der Waals surface area contributed by atoms with Gasteiger partial charge in [0.25, 0.3) is 5.91 Å². The number of rotatable bonds is 5. The van der Waals surface area contributed by atoms with E-state index in [9.17, 15) is 9.18 Å². The van der Waals surface area contributed by atoms with Crippen molar-refractivity contribution >= 4 is 5.91 Å². The van der Waals surface area contributed by atoms with E-state index in [1.165, 1.54) is 12.1 Å². The molecule has 0 atom stereocenters. The van der Waals surface area contributed by atoms with Crippen molar-refractivity contribution in [2.24, 2.45) is 11.1 Å². The summed E-state index contributed by atoms with van der Waals surface area (Å²) < 4.78 is 12.8. The molecule has 0 fully saturated rings. The lowest BCUT2D eigenvalue weighted by molar-refractivity contribution is 0.0695. The van der Waals surface area contributed by atoms with Crippen molar-refractivity contribution in [3.8, 4) is 0 Å². The Bertz CT molecular complexity index is 403.